The van der Waals surface area contributed by atoms with E-state index in [2.05, 4.69) is 17.9 Å². The van der Waals surface area contributed by atoms with Gasteiger partial charge in [-0.15, -0.1) is 12.6 Å². The molecule has 1 aliphatic heterocycles. The van der Waals surface area contributed by atoms with Gasteiger partial charge >= 0.3 is 0 Å². The molecule has 0 radical (unpaired) electrons. The molecular weight excluding hydrogens is 418 g/mol. The Hall–Kier alpha value is -3.14. The maximum atomic E-state index is 12.5. The average molecular weight is 436 g/mol. The van der Waals surface area contributed by atoms with Crippen molar-refractivity contribution in [2.24, 2.45) is 0 Å². The van der Waals surface area contributed by atoms with Gasteiger partial charge in [0.05, 0.1) is 5.03 Å². The van der Waals surface area contributed by atoms with Crippen LogP contribution in [0.3, 0.4) is 0 Å². The van der Waals surface area contributed by atoms with Gasteiger partial charge in [0.2, 0.25) is 0 Å². The SMILES string of the molecule is Cc1ccc(N2C(S)=C(C#N)C(=O)NC2c2ccc(-c3ccc(Cl)cc3)o2)c(C)c1. The number of nitriles is 1. The summed E-state index contributed by atoms with van der Waals surface area (Å²) in [7, 11) is 0. The van der Waals surface area contributed by atoms with Crippen LogP contribution < -0.4 is 10.2 Å². The molecule has 4 rings (SSSR count). The Morgan fingerprint density at radius 3 is 2.53 bits per heavy atom. The summed E-state index contributed by atoms with van der Waals surface area (Å²) >= 11 is 10.5. The molecule has 2 heterocycles. The molecule has 1 atom stereocenters. The van der Waals surface area contributed by atoms with Crippen molar-refractivity contribution >= 4 is 35.8 Å². The molecule has 0 saturated heterocycles. The third-order valence-corrected chi connectivity index (χ3v) is 5.64. The van der Waals surface area contributed by atoms with E-state index in [0.717, 1.165) is 22.4 Å². The van der Waals surface area contributed by atoms with E-state index >= 15 is 0 Å². The van der Waals surface area contributed by atoms with Crippen LogP contribution in [-0.4, -0.2) is 5.91 Å². The number of nitrogens with zero attached hydrogens (tertiary/aromatic N) is 2. The van der Waals surface area contributed by atoms with Gasteiger partial charge in [-0.25, -0.2) is 0 Å². The lowest BCUT2D eigenvalue weighted by Crippen LogP contribution is -2.46. The fraction of sp³-hybridized carbons (Fsp3) is 0.130. The van der Waals surface area contributed by atoms with E-state index in [9.17, 15) is 10.1 Å². The summed E-state index contributed by atoms with van der Waals surface area (Å²) in [6, 6.07) is 18.9. The molecule has 7 heteroatoms. The summed E-state index contributed by atoms with van der Waals surface area (Å²) < 4.78 is 6.09. The highest BCUT2D eigenvalue weighted by molar-refractivity contribution is 7.84. The van der Waals surface area contributed by atoms with Gasteiger partial charge in [0.1, 0.15) is 23.2 Å². The molecule has 1 N–H and O–H groups in total. The van der Waals surface area contributed by atoms with E-state index < -0.39 is 12.1 Å². The molecular formula is C23H18ClN3O2S. The standard InChI is InChI=1S/C23H18ClN3O2S/c1-13-3-8-18(14(2)11-13)27-21(26-22(28)17(12-25)23(27)30)20-10-9-19(29-20)15-4-6-16(24)7-5-15/h3-11,21,30H,1-2H3,(H,26,28). The van der Waals surface area contributed by atoms with Gasteiger partial charge in [0, 0.05) is 16.3 Å². The number of benzene rings is 2. The van der Waals surface area contributed by atoms with E-state index in [1.54, 1.807) is 12.1 Å². The van der Waals surface area contributed by atoms with Gasteiger partial charge in [-0.3, -0.25) is 4.79 Å². The van der Waals surface area contributed by atoms with Crippen molar-refractivity contribution in [1.82, 2.24) is 5.32 Å². The molecule has 0 aliphatic carbocycles. The highest BCUT2D eigenvalue weighted by atomic mass is 35.5. The zero-order chi connectivity index (χ0) is 21.4. The number of hydrogen-bond acceptors (Lipinski definition) is 5. The number of thiol groups is 1. The van der Waals surface area contributed by atoms with Crippen LogP contribution in [0.25, 0.3) is 11.3 Å². The minimum Gasteiger partial charge on any atom is -0.457 e. The Morgan fingerprint density at radius 2 is 1.87 bits per heavy atom. The van der Waals surface area contributed by atoms with Crippen molar-refractivity contribution < 1.29 is 9.21 Å². The van der Waals surface area contributed by atoms with E-state index in [-0.39, 0.29) is 10.6 Å². The lowest BCUT2D eigenvalue weighted by atomic mass is 10.1. The molecule has 5 nitrogen and oxygen atoms in total. The summed E-state index contributed by atoms with van der Waals surface area (Å²) in [4.78, 5) is 14.3. The molecule has 2 aromatic carbocycles. The Kier molecular flexibility index (Phi) is 5.33. The molecule has 0 spiro atoms. The Bertz CT molecular complexity index is 1210. The van der Waals surface area contributed by atoms with Crippen molar-refractivity contribution in [2.45, 2.75) is 20.0 Å². The minimum atomic E-state index is -0.649. The number of carbonyl (C=O) groups excluding carboxylic acids is 1. The molecule has 30 heavy (non-hydrogen) atoms. The highest BCUT2D eigenvalue weighted by Crippen LogP contribution is 2.39. The Labute approximate surface area is 185 Å². The molecule has 1 unspecified atom stereocenters. The van der Waals surface area contributed by atoms with Gasteiger partial charge in [0.25, 0.3) is 5.91 Å². The monoisotopic (exact) mass is 435 g/mol. The predicted molar refractivity (Wildman–Crippen MR) is 120 cm³/mol. The van der Waals surface area contributed by atoms with E-state index in [1.165, 1.54) is 0 Å². The van der Waals surface area contributed by atoms with Gasteiger partial charge in [0.15, 0.2) is 6.17 Å². The number of amides is 1. The van der Waals surface area contributed by atoms with Gasteiger partial charge in [-0.05, 0) is 61.9 Å². The number of carbonyl (C=O) groups is 1. The lowest BCUT2D eigenvalue weighted by molar-refractivity contribution is -0.118. The largest absolute Gasteiger partial charge is 0.457 e. The zero-order valence-corrected chi connectivity index (χ0v) is 18.0. The second-order valence-electron chi connectivity index (χ2n) is 7.06. The van der Waals surface area contributed by atoms with Crippen LogP contribution >= 0.6 is 24.2 Å². The van der Waals surface area contributed by atoms with E-state index in [1.807, 2.05) is 67.3 Å². The molecule has 150 valence electrons. The first-order valence-electron chi connectivity index (χ1n) is 9.25. The molecule has 1 aliphatic rings. The minimum absolute atomic E-state index is 0.0426. The fourth-order valence-corrected chi connectivity index (χ4v) is 4.00. The molecule has 0 fully saturated rings. The third-order valence-electron chi connectivity index (χ3n) is 4.95. The quantitative estimate of drug-likeness (QED) is 0.531. The maximum absolute atomic E-state index is 12.5. The first-order valence-corrected chi connectivity index (χ1v) is 10.1. The van der Waals surface area contributed by atoms with Crippen molar-refractivity contribution in [1.29, 1.82) is 5.26 Å². The van der Waals surface area contributed by atoms with Crippen molar-refractivity contribution in [2.75, 3.05) is 4.90 Å². The van der Waals surface area contributed by atoms with Crippen LogP contribution in [0.15, 0.2) is 69.6 Å². The molecule has 0 bridgehead atoms. The number of anilines is 1. The number of hydrogen-bond donors (Lipinski definition) is 2. The number of rotatable bonds is 3. The summed E-state index contributed by atoms with van der Waals surface area (Å²) in [6.45, 7) is 3.99. The normalized spacial score (nSPS) is 16.4. The number of furan rings is 1. The molecule has 3 aromatic rings. The molecule has 0 saturated carbocycles. The number of aryl methyl sites for hydroxylation is 2. The first kappa shape index (κ1) is 20.1. The third kappa shape index (κ3) is 3.58. The van der Waals surface area contributed by atoms with Crippen LogP contribution in [0.1, 0.15) is 23.1 Å². The summed E-state index contributed by atoms with van der Waals surface area (Å²) in [5, 5.41) is 13.3. The van der Waals surface area contributed by atoms with Crippen molar-refractivity contribution in [3.63, 3.8) is 0 Å². The van der Waals surface area contributed by atoms with Crippen LogP contribution in [0, 0.1) is 25.2 Å². The van der Waals surface area contributed by atoms with Crippen LogP contribution in [-0.2, 0) is 4.79 Å². The van der Waals surface area contributed by atoms with Crippen LogP contribution in [0.4, 0.5) is 5.69 Å². The second kappa shape index (κ2) is 7.94. The van der Waals surface area contributed by atoms with Crippen LogP contribution in [0.5, 0.6) is 0 Å². The first-order chi connectivity index (χ1) is 14.4. The van der Waals surface area contributed by atoms with Crippen molar-refractivity contribution in [3.05, 3.63) is 87.1 Å². The lowest BCUT2D eigenvalue weighted by Gasteiger charge is -2.37. The molecule has 1 aromatic heterocycles. The topological polar surface area (TPSA) is 69.3 Å². The van der Waals surface area contributed by atoms with E-state index in [0.29, 0.717) is 16.5 Å². The summed E-state index contributed by atoms with van der Waals surface area (Å²) in [5.74, 6) is 0.682. The zero-order valence-electron chi connectivity index (χ0n) is 16.3. The highest BCUT2D eigenvalue weighted by Gasteiger charge is 2.36. The molecule has 1 amide bonds. The van der Waals surface area contributed by atoms with Crippen molar-refractivity contribution in [3.8, 4) is 17.4 Å². The van der Waals surface area contributed by atoms with Gasteiger partial charge in [-0.2, -0.15) is 5.26 Å². The summed E-state index contributed by atoms with van der Waals surface area (Å²) in [5.41, 5.74) is 3.75. The second-order valence-corrected chi connectivity index (χ2v) is 7.92. The number of halogens is 1. The van der Waals surface area contributed by atoms with Gasteiger partial charge in [-0.1, -0.05) is 29.3 Å². The Morgan fingerprint density at radius 1 is 1.13 bits per heavy atom. The predicted octanol–water partition coefficient (Wildman–Crippen LogP) is 5.52. The average Bonchev–Trinajstić information content (AvgIpc) is 3.19. The number of nitrogens with one attached hydrogen (secondary N) is 1. The Balaban J connectivity index is 1.81. The maximum Gasteiger partial charge on any atom is 0.266 e. The smallest absolute Gasteiger partial charge is 0.266 e. The fourth-order valence-electron chi connectivity index (χ4n) is 3.50. The summed E-state index contributed by atoms with van der Waals surface area (Å²) in [6.07, 6.45) is -0.649. The van der Waals surface area contributed by atoms with E-state index in [4.69, 9.17) is 16.0 Å². The van der Waals surface area contributed by atoms with Crippen LogP contribution in [0.2, 0.25) is 5.02 Å². The van der Waals surface area contributed by atoms with Gasteiger partial charge < -0.3 is 14.6 Å².